The van der Waals surface area contributed by atoms with Crippen LogP contribution in [-0.2, 0) is 23.0 Å². The van der Waals surface area contributed by atoms with Crippen molar-refractivity contribution < 1.29 is 17.5 Å². The molecule has 120 valence electrons. The van der Waals surface area contributed by atoms with Crippen LogP contribution in [0.15, 0.2) is 23.2 Å². The van der Waals surface area contributed by atoms with E-state index >= 15 is 0 Å². The van der Waals surface area contributed by atoms with E-state index in [1.54, 1.807) is 6.20 Å². The Morgan fingerprint density at radius 2 is 2.14 bits per heavy atom. The third-order valence-electron chi connectivity index (χ3n) is 3.17. The molecule has 0 amide bonds. The lowest BCUT2D eigenvalue weighted by molar-refractivity contribution is 0.384. The van der Waals surface area contributed by atoms with Crippen molar-refractivity contribution in [2.45, 2.75) is 31.7 Å². The van der Waals surface area contributed by atoms with Crippen molar-refractivity contribution in [1.82, 2.24) is 9.71 Å². The Kier molecular flexibility index (Phi) is 5.15. The van der Waals surface area contributed by atoms with E-state index in [0.29, 0.717) is 5.01 Å². The van der Waals surface area contributed by atoms with Crippen LogP contribution in [0.25, 0.3) is 0 Å². The predicted molar refractivity (Wildman–Crippen MR) is 83.2 cm³/mol. The van der Waals surface area contributed by atoms with Crippen LogP contribution in [0.5, 0.6) is 5.75 Å². The number of nitrogens with one attached hydrogen (secondary N) is 1. The summed E-state index contributed by atoms with van der Waals surface area (Å²) in [5, 5.41) is 0.673. The highest BCUT2D eigenvalue weighted by atomic mass is 32.2. The minimum absolute atomic E-state index is 0.0176. The SMILES string of the molecule is CCc1cnc(CNS(=O)(=O)c2ccc(OC)c(F)c2C)s1. The maximum absolute atomic E-state index is 14.0. The van der Waals surface area contributed by atoms with Gasteiger partial charge in [-0.15, -0.1) is 11.3 Å². The molecule has 0 unspecified atom stereocenters. The Bertz CT molecular complexity index is 772. The molecule has 5 nitrogen and oxygen atoms in total. The fraction of sp³-hybridized carbons (Fsp3) is 0.357. The van der Waals surface area contributed by atoms with Crippen molar-refractivity contribution in [2.75, 3.05) is 7.11 Å². The number of nitrogens with zero attached hydrogens (tertiary/aromatic N) is 1. The number of rotatable bonds is 6. The number of methoxy groups -OCH3 is 1. The van der Waals surface area contributed by atoms with Gasteiger partial charge in [-0.3, -0.25) is 0 Å². The second kappa shape index (κ2) is 6.72. The molecule has 0 aliphatic carbocycles. The summed E-state index contributed by atoms with van der Waals surface area (Å²) in [6.07, 6.45) is 2.58. The molecule has 0 aliphatic heterocycles. The molecule has 0 aliphatic rings. The second-order valence-corrected chi connectivity index (χ2v) is 7.54. The molecule has 0 atom stereocenters. The van der Waals surface area contributed by atoms with E-state index in [4.69, 9.17) is 4.74 Å². The van der Waals surface area contributed by atoms with Gasteiger partial charge in [0.1, 0.15) is 5.01 Å². The van der Waals surface area contributed by atoms with Crippen molar-refractivity contribution in [3.05, 3.63) is 39.6 Å². The fourth-order valence-electron chi connectivity index (χ4n) is 1.92. The third kappa shape index (κ3) is 3.45. The highest BCUT2D eigenvalue weighted by molar-refractivity contribution is 7.89. The first kappa shape index (κ1) is 16.9. The highest BCUT2D eigenvalue weighted by Crippen LogP contribution is 2.26. The number of aromatic nitrogens is 1. The van der Waals surface area contributed by atoms with Gasteiger partial charge in [-0.25, -0.2) is 22.5 Å². The van der Waals surface area contributed by atoms with Gasteiger partial charge in [-0.2, -0.15) is 0 Å². The Balaban J connectivity index is 2.21. The third-order valence-corrected chi connectivity index (χ3v) is 5.86. The Morgan fingerprint density at radius 3 is 2.73 bits per heavy atom. The first-order chi connectivity index (χ1) is 10.4. The maximum Gasteiger partial charge on any atom is 0.241 e. The summed E-state index contributed by atoms with van der Waals surface area (Å²) >= 11 is 1.45. The van der Waals surface area contributed by atoms with E-state index in [1.165, 1.54) is 37.5 Å². The van der Waals surface area contributed by atoms with Gasteiger partial charge in [-0.1, -0.05) is 6.92 Å². The van der Waals surface area contributed by atoms with Crippen LogP contribution < -0.4 is 9.46 Å². The zero-order chi connectivity index (χ0) is 16.3. The second-order valence-electron chi connectivity index (χ2n) is 4.60. The quantitative estimate of drug-likeness (QED) is 0.875. The van der Waals surface area contributed by atoms with Gasteiger partial charge in [0.05, 0.1) is 18.6 Å². The van der Waals surface area contributed by atoms with Gasteiger partial charge in [0.15, 0.2) is 11.6 Å². The molecular formula is C14H17FN2O3S2. The molecule has 1 heterocycles. The average Bonchev–Trinajstić information content (AvgIpc) is 2.96. The number of hydrogen-bond donors (Lipinski definition) is 1. The molecule has 0 fully saturated rings. The van der Waals surface area contributed by atoms with E-state index in [2.05, 4.69) is 9.71 Å². The topological polar surface area (TPSA) is 68.3 Å². The summed E-state index contributed by atoms with van der Waals surface area (Å²) in [5.41, 5.74) is 0.0280. The lowest BCUT2D eigenvalue weighted by atomic mass is 10.2. The summed E-state index contributed by atoms with van der Waals surface area (Å²) in [6, 6.07) is 2.63. The molecule has 1 aromatic heterocycles. The minimum Gasteiger partial charge on any atom is -0.494 e. The smallest absolute Gasteiger partial charge is 0.241 e. The van der Waals surface area contributed by atoms with E-state index < -0.39 is 15.8 Å². The number of hydrogen-bond acceptors (Lipinski definition) is 5. The molecule has 0 spiro atoms. The molecular weight excluding hydrogens is 327 g/mol. The van der Waals surface area contributed by atoms with Gasteiger partial charge in [-0.05, 0) is 25.5 Å². The summed E-state index contributed by atoms with van der Waals surface area (Å²) in [5.74, 6) is -0.656. The molecule has 0 saturated carbocycles. The maximum atomic E-state index is 14.0. The first-order valence-corrected chi connectivity index (χ1v) is 8.95. The van der Waals surface area contributed by atoms with Crippen LogP contribution in [0.1, 0.15) is 22.4 Å². The standard InChI is InChI=1S/C14H17FN2O3S2/c1-4-10-7-16-13(21-10)8-17-22(18,19)12-6-5-11(20-3)14(15)9(12)2/h5-7,17H,4,8H2,1-3H3. The predicted octanol–water partition coefficient (Wildman–Crippen LogP) is 2.64. The molecule has 0 bridgehead atoms. The van der Waals surface area contributed by atoms with Crippen molar-refractivity contribution in [3.63, 3.8) is 0 Å². The Hall–Kier alpha value is -1.51. The van der Waals surface area contributed by atoms with Crippen molar-refractivity contribution >= 4 is 21.4 Å². The van der Waals surface area contributed by atoms with Crippen LogP contribution >= 0.6 is 11.3 Å². The van der Waals surface area contributed by atoms with Gasteiger partial charge >= 0.3 is 0 Å². The monoisotopic (exact) mass is 344 g/mol. The summed E-state index contributed by atoms with van der Waals surface area (Å²) in [7, 11) is -2.48. The van der Waals surface area contributed by atoms with E-state index in [1.807, 2.05) is 6.92 Å². The molecule has 1 N–H and O–H groups in total. The molecule has 2 rings (SSSR count). The highest BCUT2D eigenvalue weighted by Gasteiger charge is 2.21. The van der Waals surface area contributed by atoms with Crippen LogP contribution in [0.2, 0.25) is 0 Å². The number of ether oxygens (including phenoxy) is 1. The van der Waals surface area contributed by atoms with Gasteiger partial charge < -0.3 is 4.74 Å². The van der Waals surface area contributed by atoms with E-state index in [0.717, 1.165) is 11.3 Å². The lowest BCUT2D eigenvalue weighted by Crippen LogP contribution is -2.24. The summed E-state index contributed by atoms with van der Waals surface area (Å²) in [6.45, 7) is 3.50. The van der Waals surface area contributed by atoms with Gasteiger partial charge in [0.2, 0.25) is 10.0 Å². The van der Waals surface area contributed by atoms with Crippen molar-refractivity contribution in [1.29, 1.82) is 0 Å². The normalized spacial score (nSPS) is 11.6. The molecule has 0 radical (unpaired) electrons. The zero-order valence-electron chi connectivity index (χ0n) is 12.5. The first-order valence-electron chi connectivity index (χ1n) is 6.65. The minimum atomic E-state index is -3.81. The molecule has 0 saturated heterocycles. The number of halogens is 1. The van der Waals surface area contributed by atoms with E-state index in [9.17, 15) is 12.8 Å². The summed E-state index contributed by atoms with van der Waals surface area (Å²) < 4.78 is 45.9. The van der Waals surface area contributed by atoms with Crippen molar-refractivity contribution in [2.24, 2.45) is 0 Å². The van der Waals surface area contributed by atoms with Crippen molar-refractivity contribution in [3.8, 4) is 5.75 Å². The largest absolute Gasteiger partial charge is 0.494 e. The van der Waals surface area contributed by atoms with E-state index in [-0.39, 0.29) is 22.8 Å². The summed E-state index contributed by atoms with van der Waals surface area (Å²) in [4.78, 5) is 5.13. The van der Waals surface area contributed by atoms with Crippen LogP contribution in [0.4, 0.5) is 4.39 Å². The van der Waals surface area contributed by atoms with Crippen LogP contribution in [-0.4, -0.2) is 20.5 Å². The molecule has 8 heteroatoms. The number of aryl methyl sites for hydroxylation is 1. The lowest BCUT2D eigenvalue weighted by Gasteiger charge is -2.11. The number of benzene rings is 1. The molecule has 22 heavy (non-hydrogen) atoms. The molecule has 1 aromatic carbocycles. The van der Waals surface area contributed by atoms with Gasteiger partial charge in [0, 0.05) is 16.6 Å². The zero-order valence-corrected chi connectivity index (χ0v) is 14.1. The number of thiazole rings is 1. The average molecular weight is 344 g/mol. The number of sulfonamides is 1. The van der Waals surface area contributed by atoms with Gasteiger partial charge in [0.25, 0.3) is 0 Å². The molecule has 2 aromatic rings. The fourth-order valence-corrected chi connectivity index (χ4v) is 4.03. The Morgan fingerprint density at radius 1 is 1.41 bits per heavy atom. The van der Waals surface area contributed by atoms with Crippen LogP contribution in [0.3, 0.4) is 0 Å². The Labute approximate surface area is 133 Å². The van der Waals surface area contributed by atoms with Crippen LogP contribution in [0, 0.1) is 12.7 Å².